The normalized spacial score (nSPS) is 25.7. The Kier molecular flexibility index (Phi) is 4.64. The zero-order valence-electron chi connectivity index (χ0n) is 12.8. The first kappa shape index (κ1) is 14.5. The third kappa shape index (κ3) is 3.37. The molecule has 0 radical (unpaired) electrons. The lowest BCUT2D eigenvalue weighted by molar-refractivity contribution is 0.186. The lowest BCUT2D eigenvalue weighted by Crippen LogP contribution is -2.39. The number of hydrogen-bond donors (Lipinski definition) is 1. The molecular formula is C17H28N2. The Bertz CT molecular complexity index is 407. The van der Waals surface area contributed by atoms with Crippen LogP contribution in [-0.2, 0) is 0 Å². The van der Waals surface area contributed by atoms with Gasteiger partial charge in [-0.1, -0.05) is 36.2 Å². The van der Waals surface area contributed by atoms with Crippen LogP contribution in [0.3, 0.4) is 0 Å². The number of nitrogens with zero attached hydrogens (tertiary/aromatic N) is 1. The van der Waals surface area contributed by atoms with E-state index in [0.29, 0.717) is 6.04 Å². The van der Waals surface area contributed by atoms with Crippen LogP contribution < -0.4 is 5.73 Å². The minimum absolute atomic E-state index is 0.133. The molecule has 0 saturated carbocycles. The van der Waals surface area contributed by atoms with Gasteiger partial charge in [0.05, 0.1) is 0 Å². The molecule has 0 bridgehead atoms. The number of aryl methyl sites for hydroxylation is 2. The van der Waals surface area contributed by atoms with Gasteiger partial charge < -0.3 is 5.73 Å². The SMILES string of the molecule is CCC1CCC(C)N1CC(N)c1cc(C)cc(C)c1. The summed E-state index contributed by atoms with van der Waals surface area (Å²) in [5.74, 6) is 0. The summed E-state index contributed by atoms with van der Waals surface area (Å²) in [5.41, 5.74) is 10.4. The molecule has 1 fully saturated rings. The zero-order valence-corrected chi connectivity index (χ0v) is 12.8. The van der Waals surface area contributed by atoms with Crippen molar-refractivity contribution in [2.75, 3.05) is 6.54 Å². The number of hydrogen-bond acceptors (Lipinski definition) is 2. The molecule has 1 aromatic carbocycles. The van der Waals surface area contributed by atoms with E-state index in [2.05, 4.69) is 50.8 Å². The summed E-state index contributed by atoms with van der Waals surface area (Å²) in [6.07, 6.45) is 3.89. The van der Waals surface area contributed by atoms with Crippen LogP contribution in [0, 0.1) is 13.8 Å². The standard InChI is InChI=1S/C17H28N2/c1-5-16-7-6-14(4)19(16)11-17(18)15-9-12(2)8-13(3)10-15/h8-10,14,16-17H,5-7,11,18H2,1-4H3. The predicted octanol–water partition coefficient (Wildman–Crippen LogP) is 3.57. The number of nitrogens with two attached hydrogens (primary N) is 1. The van der Waals surface area contributed by atoms with Crippen molar-refractivity contribution in [1.29, 1.82) is 0 Å². The fourth-order valence-corrected chi connectivity index (χ4v) is 3.45. The fraction of sp³-hybridized carbons (Fsp3) is 0.647. The monoisotopic (exact) mass is 260 g/mol. The van der Waals surface area contributed by atoms with E-state index in [1.165, 1.54) is 36.0 Å². The van der Waals surface area contributed by atoms with Crippen molar-refractivity contribution in [2.45, 2.75) is 65.1 Å². The Morgan fingerprint density at radius 1 is 1.21 bits per heavy atom. The van der Waals surface area contributed by atoms with Crippen molar-refractivity contribution in [3.05, 3.63) is 34.9 Å². The van der Waals surface area contributed by atoms with Crippen LogP contribution in [0.2, 0.25) is 0 Å². The Balaban J connectivity index is 2.09. The maximum Gasteiger partial charge on any atom is 0.0424 e. The highest BCUT2D eigenvalue weighted by atomic mass is 15.2. The topological polar surface area (TPSA) is 29.3 Å². The maximum absolute atomic E-state index is 6.45. The van der Waals surface area contributed by atoms with Crippen molar-refractivity contribution >= 4 is 0 Å². The van der Waals surface area contributed by atoms with Gasteiger partial charge >= 0.3 is 0 Å². The van der Waals surface area contributed by atoms with Crippen molar-refractivity contribution < 1.29 is 0 Å². The van der Waals surface area contributed by atoms with Gasteiger partial charge in [-0.15, -0.1) is 0 Å². The second-order valence-corrected chi connectivity index (χ2v) is 6.21. The predicted molar refractivity (Wildman–Crippen MR) is 82.3 cm³/mol. The molecule has 3 atom stereocenters. The highest BCUT2D eigenvalue weighted by molar-refractivity contribution is 5.30. The molecular weight excluding hydrogens is 232 g/mol. The van der Waals surface area contributed by atoms with Gasteiger partial charge in [0.15, 0.2) is 0 Å². The summed E-state index contributed by atoms with van der Waals surface area (Å²) in [6.45, 7) is 9.91. The van der Waals surface area contributed by atoms with E-state index in [0.717, 1.165) is 12.6 Å². The Labute approximate surface area is 118 Å². The summed E-state index contributed by atoms with van der Waals surface area (Å²) in [4.78, 5) is 2.61. The van der Waals surface area contributed by atoms with Crippen LogP contribution in [-0.4, -0.2) is 23.5 Å². The van der Waals surface area contributed by atoms with Crippen LogP contribution in [0.15, 0.2) is 18.2 Å². The van der Waals surface area contributed by atoms with E-state index in [1.807, 2.05) is 0 Å². The molecule has 2 nitrogen and oxygen atoms in total. The minimum Gasteiger partial charge on any atom is -0.323 e. The second-order valence-electron chi connectivity index (χ2n) is 6.21. The molecule has 0 aromatic heterocycles. The molecule has 0 amide bonds. The first-order chi connectivity index (χ1) is 9.01. The summed E-state index contributed by atoms with van der Waals surface area (Å²) >= 11 is 0. The number of rotatable bonds is 4. The number of benzene rings is 1. The molecule has 0 aliphatic carbocycles. The van der Waals surface area contributed by atoms with E-state index >= 15 is 0 Å². The smallest absolute Gasteiger partial charge is 0.0424 e. The lowest BCUT2D eigenvalue weighted by Gasteiger charge is -2.30. The van der Waals surface area contributed by atoms with Gasteiger partial charge in [-0.05, 0) is 45.6 Å². The van der Waals surface area contributed by atoms with Crippen molar-refractivity contribution in [3.8, 4) is 0 Å². The first-order valence-electron chi connectivity index (χ1n) is 7.60. The van der Waals surface area contributed by atoms with Crippen molar-refractivity contribution in [1.82, 2.24) is 4.90 Å². The van der Waals surface area contributed by atoms with Crippen LogP contribution in [0.5, 0.6) is 0 Å². The molecule has 1 saturated heterocycles. The molecule has 106 valence electrons. The fourth-order valence-electron chi connectivity index (χ4n) is 3.45. The van der Waals surface area contributed by atoms with Gasteiger partial charge in [0.1, 0.15) is 0 Å². The number of likely N-dealkylation sites (tertiary alicyclic amines) is 1. The average molecular weight is 260 g/mol. The van der Waals surface area contributed by atoms with E-state index in [4.69, 9.17) is 5.73 Å². The van der Waals surface area contributed by atoms with Crippen LogP contribution in [0.1, 0.15) is 55.8 Å². The van der Waals surface area contributed by atoms with Gasteiger partial charge in [0.25, 0.3) is 0 Å². The molecule has 19 heavy (non-hydrogen) atoms. The molecule has 1 aromatic rings. The van der Waals surface area contributed by atoms with E-state index in [-0.39, 0.29) is 6.04 Å². The minimum atomic E-state index is 0.133. The van der Waals surface area contributed by atoms with Crippen molar-refractivity contribution in [2.24, 2.45) is 5.73 Å². The molecule has 0 spiro atoms. The van der Waals surface area contributed by atoms with Crippen molar-refractivity contribution in [3.63, 3.8) is 0 Å². The van der Waals surface area contributed by atoms with Crippen LogP contribution >= 0.6 is 0 Å². The molecule has 1 aliphatic rings. The molecule has 2 heteroatoms. The highest BCUT2D eigenvalue weighted by Gasteiger charge is 2.30. The molecule has 2 N–H and O–H groups in total. The zero-order chi connectivity index (χ0) is 14.0. The van der Waals surface area contributed by atoms with Gasteiger partial charge in [0.2, 0.25) is 0 Å². The van der Waals surface area contributed by atoms with Gasteiger partial charge in [-0.2, -0.15) is 0 Å². The summed E-state index contributed by atoms with van der Waals surface area (Å²) in [5, 5.41) is 0. The summed E-state index contributed by atoms with van der Waals surface area (Å²) in [7, 11) is 0. The molecule has 1 heterocycles. The van der Waals surface area contributed by atoms with Gasteiger partial charge in [-0.3, -0.25) is 4.90 Å². The molecule has 1 aliphatic heterocycles. The quantitative estimate of drug-likeness (QED) is 0.897. The van der Waals surface area contributed by atoms with E-state index < -0.39 is 0 Å². The van der Waals surface area contributed by atoms with E-state index in [9.17, 15) is 0 Å². The highest BCUT2D eigenvalue weighted by Crippen LogP contribution is 2.28. The molecule has 2 rings (SSSR count). The average Bonchev–Trinajstić information content (AvgIpc) is 2.69. The largest absolute Gasteiger partial charge is 0.323 e. The maximum atomic E-state index is 6.45. The molecule has 3 unspecified atom stereocenters. The lowest BCUT2D eigenvalue weighted by atomic mass is 10.0. The Hall–Kier alpha value is -0.860. The Morgan fingerprint density at radius 3 is 2.42 bits per heavy atom. The third-order valence-electron chi connectivity index (χ3n) is 4.50. The summed E-state index contributed by atoms with van der Waals surface area (Å²) in [6, 6.07) is 8.23. The van der Waals surface area contributed by atoms with Crippen LogP contribution in [0.4, 0.5) is 0 Å². The van der Waals surface area contributed by atoms with Gasteiger partial charge in [0, 0.05) is 24.7 Å². The van der Waals surface area contributed by atoms with Crippen LogP contribution in [0.25, 0.3) is 0 Å². The van der Waals surface area contributed by atoms with Gasteiger partial charge in [-0.25, -0.2) is 0 Å². The second kappa shape index (κ2) is 6.06. The van der Waals surface area contributed by atoms with E-state index in [1.54, 1.807) is 0 Å². The third-order valence-corrected chi connectivity index (χ3v) is 4.50. The summed E-state index contributed by atoms with van der Waals surface area (Å²) < 4.78 is 0. The first-order valence-corrected chi connectivity index (χ1v) is 7.60. The Morgan fingerprint density at radius 2 is 1.84 bits per heavy atom.